The SMILES string of the molecule is NCCC[C@H](N)CC(=O)NC1C(NC2=N[C@@H]3C(=O)NC[C@@H](O)[C@H]3N2)OC(CO)C(OC(N)=O)C1O. The summed E-state index contributed by atoms with van der Waals surface area (Å²) in [4.78, 5) is 40.3. The van der Waals surface area contributed by atoms with Gasteiger partial charge in [-0.05, 0) is 19.4 Å². The van der Waals surface area contributed by atoms with E-state index in [-0.39, 0.29) is 24.8 Å². The van der Waals surface area contributed by atoms with Gasteiger partial charge in [0.2, 0.25) is 11.8 Å². The second kappa shape index (κ2) is 11.8. The number of rotatable bonds is 9. The Labute approximate surface area is 200 Å². The number of nitrogens with one attached hydrogen (secondary N) is 4. The van der Waals surface area contributed by atoms with Gasteiger partial charge >= 0.3 is 6.09 Å². The third-order valence-electron chi connectivity index (χ3n) is 6.06. The molecule has 3 aliphatic rings. The molecule has 9 atom stereocenters. The molecule has 2 fully saturated rings. The quantitative estimate of drug-likeness (QED) is 0.141. The van der Waals surface area contributed by atoms with Crippen LogP contribution in [0.1, 0.15) is 19.3 Å². The van der Waals surface area contributed by atoms with Gasteiger partial charge in [-0.2, -0.15) is 0 Å². The number of hydrogen-bond donors (Lipinski definition) is 10. The van der Waals surface area contributed by atoms with Gasteiger partial charge in [0.25, 0.3) is 0 Å². The van der Waals surface area contributed by atoms with Crippen LogP contribution >= 0.6 is 0 Å². The average molecular weight is 503 g/mol. The van der Waals surface area contributed by atoms with Crippen LogP contribution in [0.2, 0.25) is 0 Å². The molecule has 3 heterocycles. The number of nitrogens with two attached hydrogens (primary N) is 3. The molecular weight excluding hydrogens is 468 g/mol. The highest BCUT2D eigenvalue weighted by atomic mass is 16.6. The van der Waals surface area contributed by atoms with Gasteiger partial charge in [-0.1, -0.05) is 0 Å². The number of carbonyl (C=O) groups is 3. The Morgan fingerprint density at radius 1 is 1.34 bits per heavy atom. The number of guanidine groups is 1. The molecule has 3 rings (SSSR count). The van der Waals surface area contributed by atoms with Crippen molar-refractivity contribution in [3.8, 4) is 0 Å². The summed E-state index contributed by atoms with van der Waals surface area (Å²) in [6, 6.07) is -3.27. The second-order valence-electron chi connectivity index (χ2n) is 8.71. The summed E-state index contributed by atoms with van der Waals surface area (Å²) in [5.41, 5.74) is 16.5. The monoisotopic (exact) mass is 502 g/mol. The summed E-state index contributed by atoms with van der Waals surface area (Å²) in [6.45, 7) is -0.171. The third-order valence-corrected chi connectivity index (χ3v) is 6.06. The lowest BCUT2D eigenvalue weighted by atomic mass is 9.95. The van der Waals surface area contributed by atoms with E-state index in [9.17, 15) is 29.7 Å². The lowest BCUT2D eigenvalue weighted by Crippen LogP contribution is -2.70. The molecule has 35 heavy (non-hydrogen) atoms. The van der Waals surface area contributed by atoms with Gasteiger partial charge in [-0.25, -0.2) is 9.79 Å². The van der Waals surface area contributed by atoms with E-state index in [0.717, 1.165) is 0 Å². The first-order valence-electron chi connectivity index (χ1n) is 11.4. The molecule has 0 spiro atoms. The largest absolute Gasteiger partial charge is 0.441 e. The lowest BCUT2D eigenvalue weighted by molar-refractivity contribution is -0.198. The second-order valence-corrected chi connectivity index (χ2v) is 8.71. The number of nitrogens with zero attached hydrogens (tertiary/aromatic N) is 1. The van der Waals surface area contributed by atoms with Crippen molar-refractivity contribution >= 4 is 23.9 Å². The van der Waals surface area contributed by atoms with E-state index in [2.05, 4.69) is 26.3 Å². The average Bonchev–Trinajstić information content (AvgIpc) is 3.24. The summed E-state index contributed by atoms with van der Waals surface area (Å²) in [5, 5.41) is 41.7. The Hall–Kier alpha value is -2.76. The van der Waals surface area contributed by atoms with Crippen molar-refractivity contribution in [1.29, 1.82) is 0 Å². The molecule has 0 aromatic carbocycles. The number of carbonyl (C=O) groups excluding carboxylic acids is 3. The maximum Gasteiger partial charge on any atom is 0.404 e. The number of fused-ring (bicyclic) bond motifs is 1. The molecule has 16 nitrogen and oxygen atoms in total. The van der Waals surface area contributed by atoms with Gasteiger partial charge in [-0.15, -0.1) is 0 Å². The zero-order chi connectivity index (χ0) is 25.7. The van der Waals surface area contributed by atoms with Crippen molar-refractivity contribution in [3.05, 3.63) is 0 Å². The molecule has 2 saturated heterocycles. The summed E-state index contributed by atoms with van der Waals surface area (Å²) in [7, 11) is 0. The number of aliphatic imine (C=N–C) groups is 1. The Morgan fingerprint density at radius 2 is 2.09 bits per heavy atom. The van der Waals surface area contributed by atoms with Gasteiger partial charge in [0.05, 0.1) is 18.8 Å². The molecule has 5 unspecified atom stereocenters. The fourth-order valence-electron chi connectivity index (χ4n) is 4.30. The highest BCUT2D eigenvalue weighted by molar-refractivity contribution is 5.92. The highest BCUT2D eigenvalue weighted by Crippen LogP contribution is 2.24. The van der Waals surface area contributed by atoms with Crippen LogP contribution in [-0.2, 0) is 19.1 Å². The highest BCUT2D eigenvalue weighted by Gasteiger charge is 2.49. The number of aliphatic hydroxyl groups is 3. The van der Waals surface area contributed by atoms with Crippen LogP contribution in [0.5, 0.6) is 0 Å². The summed E-state index contributed by atoms with van der Waals surface area (Å²) in [6.07, 6.45) is -6.36. The molecule has 0 aromatic rings. The summed E-state index contributed by atoms with van der Waals surface area (Å²) < 4.78 is 10.7. The van der Waals surface area contributed by atoms with E-state index in [0.29, 0.717) is 19.4 Å². The standard InChI is InChI=1S/C19H34N8O8/c20-3-1-2-7(21)4-10(30)24-13-14(31)15(35-18(22)33)9(6-28)34-17(13)27-19-25-11-8(29)5-23-16(32)12(11)26-19/h7-9,11-15,17,28-29,31H,1-6,20-21H2,(H2,22,33)(H,23,32)(H,24,30)(H2,25,26,27)/t7-,8+,9?,11+,12-,13?,14?,15?,17?/m0/s1. The van der Waals surface area contributed by atoms with Gasteiger partial charge < -0.3 is 63.3 Å². The predicted molar refractivity (Wildman–Crippen MR) is 119 cm³/mol. The Bertz CT molecular complexity index is 816. The van der Waals surface area contributed by atoms with Crippen molar-refractivity contribution in [3.63, 3.8) is 0 Å². The van der Waals surface area contributed by atoms with Crippen molar-refractivity contribution in [2.45, 2.75) is 74.1 Å². The summed E-state index contributed by atoms with van der Waals surface area (Å²) in [5.74, 6) is -0.828. The first-order chi connectivity index (χ1) is 16.6. The molecule has 0 saturated carbocycles. The molecule has 13 N–H and O–H groups in total. The Kier molecular flexibility index (Phi) is 9.03. The molecular formula is C19H34N8O8. The van der Waals surface area contributed by atoms with E-state index >= 15 is 0 Å². The predicted octanol–water partition coefficient (Wildman–Crippen LogP) is -5.75. The maximum absolute atomic E-state index is 12.7. The van der Waals surface area contributed by atoms with Crippen molar-refractivity contribution in [1.82, 2.24) is 21.3 Å². The molecule has 0 aromatic heterocycles. The van der Waals surface area contributed by atoms with Crippen molar-refractivity contribution in [2.24, 2.45) is 22.2 Å². The van der Waals surface area contributed by atoms with E-state index in [1.165, 1.54) is 0 Å². The fourth-order valence-corrected chi connectivity index (χ4v) is 4.30. The molecule has 0 aliphatic carbocycles. The first kappa shape index (κ1) is 26.8. The number of amides is 3. The molecule has 16 heteroatoms. The van der Waals surface area contributed by atoms with Crippen LogP contribution in [0.4, 0.5) is 4.79 Å². The number of aliphatic hydroxyl groups excluding tert-OH is 3. The van der Waals surface area contributed by atoms with Gasteiger partial charge in [-0.3, -0.25) is 9.59 Å². The van der Waals surface area contributed by atoms with E-state index in [4.69, 9.17) is 26.7 Å². The normalized spacial score (nSPS) is 35.1. The zero-order valence-corrected chi connectivity index (χ0v) is 19.0. The van der Waals surface area contributed by atoms with Crippen LogP contribution in [0.25, 0.3) is 0 Å². The van der Waals surface area contributed by atoms with Crippen LogP contribution in [0.15, 0.2) is 4.99 Å². The van der Waals surface area contributed by atoms with Crippen molar-refractivity contribution in [2.75, 3.05) is 19.7 Å². The topological polar surface area (TPSA) is 269 Å². The minimum Gasteiger partial charge on any atom is -0.441 e. The first-order valence-corrected chi connectivity index (χ1v) is 11.4. The number of piperidine rings is 1. The minimum atomic E-state index is -1.55. The van der Waals surface area contributed by atoms with Gasteiger partial charge in [0, 0.05) is 19.0 Å². The molecule has 0 bridgehead atoms. The van der Waals surface area contributed by atoms with E-state index < -0.39 is 73.4 Å². The lowest BCUT2D eigenvalue weighted by Gasteiger charge is -2.44. The fraction of sp³-hybridized carbons (Fsp3) is 0.789. The van der Waals surface area contributed by atoms with Gasteiger partial charge in [0.1, 0.15) is 18.2 Å². The van der Waals surface area contributed by atoms with Crippen LogP contribution in [0, 0.1) is 0 Å². The summed E-state index contributed by atoms with van der Waals surface area (Å²) >= 11 is 0. The molecule has 3 aliphatic heterocycles. The molecule has 198 valence electrons. The zero-order valence-electron chi connectivity index (χ0n) is 19.0. The van der Waals surface area contributed by atoms with Crippen molar-refractivity contribution < 1.29 is 39.2 Å². The smallest absolute Gasteiger partial charge is 0.404 e. The molecule has 3 amide bonds. The van der Waals surface area contributed by atoms with E-state index in [1.54, 1.807) is 0 Å². The van der Waals surface area contributed by atoms with Crippen LogP contribution in [-0.4, -0.2) is 114 Å². The third kappa shape index (κ3) is 6.47. The molecule has 0 radical (unpaired) electrons. The number of ether oxygens (including phenoxy) is 2. The van der Waals surface area contributed by atoms with Crippen LogP contribution in [0.3, 0.4) is 0 Å². The Morgan fingerprint density at radius 3 is 2.71 bits per heavy atom. The van der Waals surface area contributed by atoms with Gasteiger partial charge in [0.15, 0.2) is 24.3 Å². The Balaban J connectivity index is 1.77. The number of hydrogen-bond acceptors (Lipinski definition) is 13. The number of β-amino-alcohol motifs (C(OH)–C–C–N with tert-alkyl or cyclic N) is 1. The van der Waals surface area contributed by atoms with E-state index in [1.807, 2.05) is 0 Å². The van der Waals surface area contributed by atoms with Crippen LogP contribution < -0.4 is 38.5 Å². The number of primary amides is 1. The maximum atomic E-state index is 12.7. The minimum absolute atomic E-state index is 0.0518.